The van der Waals surface area contributed by atoms with Crippen LogP contribution in [0.15, 0.2) is 34.9 Å². The molecule has 1 nitrogen and oxygen atoms in total. The lowest BCUT2D eigenvalue weighted by molar-refractivity contribution is 0.174. The third-order valence-corrected chi connectivity index (χ3v) is 3.37. The lowest BCUT2D eigenvalue weighted by Gasteiger charge is -2.25. The first-order valence-corrected chi connectivity index (χ1v) is 6.15. The zero-order valence-electron chi connectivity index (χ0n) is 11.0. The van der Waals surface area contributed by atoms with E-state index in [0.717, 1.165) is 24.8 Å². The van der Waals surface area contributed by atoms with E-state index in [9.17, 15) is 5.11 Å². The molecule has 1 aliphatic rings. The highest BCUT2D eigenvalue weighted by Crippen LogP contribution is 2.29. The molecule has 0 unspecified atom stereocenters. The molecule has 0 bridgehead atoms. The van der Waals surface area contributed by atoms with Crippen molar-refractivity contribution >= 4 is 0 Å². The van der Waals surface area contributed by atoms with Crippen molar-refractivity contribution in [3.8, 4) is 0 Å². The first-order valence-electron chi connectivity index (χ1n) is 6.15. The van der Waals surface area contributed by atoms with E-state index in [1.165, 1.54) is 11.1 Å². The van der Waals surface area contributed by atoms with Crippen LogP contribution in [0.5, 0.6) is 0 Å². The number of allylic oxidation sites excluding steroid dienone is 5. The maximum absolute atomic E-state index is 9.80. The minimum atomic E-state index is -0.231. The van der Waals surface area contributed by atoms with Crippen molar-refractivity contribution in [2.24, 2.45) is 5.92 Å². The van der Waals surface area contributed by atoms with Gasteiger partial charge in [0, 0.05) is 0 Å². The Balaban J connectivity index is 2.56. The number of aliphatic hydroxyl groups excluding tert-OH is 1. The third kappa shape index (κ3) is 3.97. The predicted octanol–water partition coefficient (Wildman–Crippen LogP) is 4.01. The first kappa shape index (κ1) is 13.2. The van der Waals surface area contributed by atoms with Gasteiger partial charge in [0.05, 0.1) is 6.10 Å². The summed E-state index contributed by atoms with van der Waals surface area (Å²) in [6, 6.07) is 0. The molecule has 0 saturated carbocycles. The van der Waals surface area contributed by atoms with Gasteiger partial charge in [0.1, 0.15) is 0 Å². The number of hydrogen-bond acceptors (Lipinski definition) is 1. The van der Waals surface area contributed by atoms with Crippen LogP contribution in [0, 0.1) is 5.92 Å². The van der Waals surface area contributed by atoms with Crippen LogP contribution >= 0.6 is 0 Å². The average Bonchev–Trinajstić information content (AvgIpc) is 2.21. The van der Waals surface area contributed by atoms with Crippen molar-refractivity contribution in [3.63, 3.8) is 0 Å². The second kappa shape index (κ2) is 6.05. The Bertz CT molecular complexity index is 316. The van der Waals surface area contributed by atoms with E-state index < -0.39 is 0 Å². The van der Waals surface area contributed by atoms with E-state index in [1.807, 2.05) is 6.92 Å². The Morgan fingerprint density at radius 2 is 2.06 bits per heavy atom. The van der Waals surface area contributed by atoms with Gasteiger partial charge in [-0.15, -0.1) is 0 Å². The Kier molecular flexibility index (Phi) is 5.01. The predicted molar refractivity (Wildman–Crippen MR) is 70.3 cm³/mol. The average molecular weight is 220 g/mol. The van der Waals surface area contributed by atoms with Crippen molar-refractivity contribution in [1.82, 2.24) is 0 Å². The number of rotatable bonds is 3. The van der Waals surface area contributed by atoms with Crippen LogP contribution < -0.4 is 0 Å². The monoisotopic (exact) mass is 220 g/mol. The summed E-state index contributed by atoms with van der Waals surface area (Å²) in [5.74, 6) is 0.532. The molecule has 90 valence electrons. The smallest absolute Gasteiger partial charge is 0.0753 e. The highest BCUT2D eigenvalue weighted by Gasteiger charge is 2.20. The van der Waals surface area contributed by atoms with Crippen molar-refractivity contribution < 1.29 is 5.11 Å². The lowest BCUT2D eigenvalue weighted by atomic mass is 9.83. The molecule has 0 spiro atoms. The molecular formula is C15H24O. The molecule has 1 heteroatoms. The Labute approximate surface area is 99.6 Å². The largest absolute Gasteiger partial charge is 0.389 e. The summed E-state index contributed by atoms with van der Waals surface area (Å²) in [6.45, 7) is 8.45. The van der Waals surface area contributed by atoms with E-state index in [4.69, 9.17) is 0 Å². The molecule has 16 heavy (non-hydrogen) atoms. The summed E-state index contributed by atoms with van der Waals surface area (Å²) in [7, 11) is 0. The van der Waals surface area contributed by atoms with Gasteiger partial charge in [-0.3, -0.25) is 0 Å². The molecule has 0 aromatic rings. The van der Waals surface area contributed by atoms with E-state index >= 15 is 0 Å². The minimum absolute atomic E-state index is 0.231. The van der Waals surface area contributed by atoms with Crippen LogP contribution in [0.25, 0.3) is 0 Å². The number of aliphatic hydroxyl groups is 1. The van der Waals surface area contributed by atoms with E-state index in [2.05, 4.69) is 39.0 Å². The van der Waals surface area contributed by atoms with Gasteiger partial charge in [-0.05, 0) is 58.4 Å². The van der Waals surface area contributed by atoms with Gasteiger partial charge in [-0.2, -0.15) is 0 Å². The highest BCUT2D eigenvalue weighted by molar-refractivity contribution is 5.17. The molecular weight excluding hydrogens is 196 g/mol. The van der Waals surface area contributed by atoms with Crippen LogP contribution in [-0.2, 0) is 0 Å². The zero-order valence-corrected chi connectivity index (χ0v) is 11.0. The molecule has 0 amide bonds. The van der Waals surface area contributed by atoms with Crippen molar-refractivity contribution in [2.45, 2.75) is 53.1 Å². The molecule has 1 rings (SSSR count). The van der Waals surface area contributed by atoms with Gasteiger partial charge < -0.3 is 5.11 Å². The summed E-state index contributed by atoms with van der Waals surface area (Å²) >= 11 is 0. The van der Waals surface area contributed by atoms with Crippen LogP contribution in [0.1, 0.15) is 47.0 Å². The molecule has 0 aliphatic heterocycles. The Morgan fingerprint density at radius 1 is 1.38 bits per heavy atom. The standard InChI is InChI=1S/C15H24O/c1-11(2)6-5-7-12(3)14-9-8-13(4)15(16)10-14/h6-8,14-16H,5,9-10H2,1-4H3/b12-7+/t14-,15+/m1/s1. The fraction of sp³-hybridized carbons (Fsp3) is 0.600. The lowest BCUT2D eigenvalue weighted by Crippen LogP contribution is -2.19. The van der Waals surface area contributed by atoms with Gasteiger partial charge in [0.15, 0.2) is 0 Å². The summed E-state index contributed by atoms with van der Waals surface area (Å²) in [5, 5.41) is 9.80. The molecule has 0 saturated heterocycles. The maximum Gasteiger partial charge on any atom is 0.0753 e. The molecule has 0 aromatic carbocycles. The molecule has 0 fully saturated rings. The summed E-state index contributed by atoms with van der Waals surface area (Å²) < 4.78 is 0. The summed E-state index contributed by atoms with van der Waals surface area (Å²) in [5.41, 5.74) is 3.91. The van der Waals surface area contributed by atoms with E-state index in [0.29, 0.717) is 5.92 Å². The van der Waals surface area contributed by atoms with Crippen LogP contribution in [0.3, 0.4) is 0 Å². The minimum Gasteiger partial charge on any atom is -0.389 e. The molecule has 1 aliphatic carbocycles. The quantitative estimate of drug-likeness (QED) is 0.713. The van der Waals surface area contributed by atoms with Gasteiger partial charge in [0.2, 0.25) is 0 Å². The second-order valence-corrected chi connectivity index (χ2v) is 5.10. The normalized spacial score (nSPS) is 26.3. The fourth-order valence-electron chi connectivity index (χ4n) is 2.03. The zero-order chi connectivity index (χ0) is 12.1. The molecule has 0 aromatic heterocycles. The molecule has 0 radical (unpaired) electrons. The van der Waals surface area contributed by atoms with Crippen molar-refractivity contribution in [2.75, 3.05) is 0 Å². The Hall–Kier alpha value is -0.820. The van der Waals surface area contributed by atoms with E-state index in [1.54, 1.807) is 0 Å². The van der Waals surface area contributed by atoms with Crippen molar-refractivity contribution in [1.29, 1.82) is 0 Å². The van der Waals surface area contributed by atoms with Crippen molar-refractivity contribution in [3.05, 3.63) is 34.9 Å². The maximum atomic E-state index is 9.80. The second-order valence-electron chi connectivity index (χ2n) is 5.10. The summed E-state index contributed by atoms with van der Waals surface area (Å²) in [4.78, 5) is 0. The summed E-state index contributed by atoms with van der Waals surface area (Å²) in [6.07, 6.45) is 9.47. The van der Waals surface area contributed by atoms with Gasteiger partial charge >= 0.3 is 0 Å². The fourth-order valence-corrected chi connectivity index (χ4v) is 2.03. The third-order valence-electron chi connectivity index (χ3n) is 3.37. The van der Waals surface area contributed by atoms with Crippen LogP contribution in [0.4, 0.5) is 0 Å². The first-order chi connectivity index (χ1) is 7.50. The highest BCUT2D eigenvalue weighted by atomic mass is 16.3. The van der Waals surface area contributed by atoms with E-state index in [-0.39, 0.29) is 6.10 Å². The Morgan fingerprint density at radius 3 is 2.62 bits per heavy atom. The van der Waals surface area contributed by atoms with Crippen LogP contribution in [-0.4, -0.2) is 11.2 Å². The number of hydrogen-bond donors (Lipinski definition) is 1. The molecule has 2 atom stereocenters. The topological polar surface area (TPSA) is 20.2 Å². The molecule has 0 heterocycles. The van der Waals surface area contributed by atoms with Gasteiger partial charge in [-0.1, -0.05) is 29.4 Å². The SMILES string of the molecule is CC(C)=CC/C=C(\C)[C@@H]1CC=C(C)[C@@H](O)C1. The molecule has 1 N–H and O–H groups in total. The van der Waals surface area contributed by atoms with Gasteiger partial charge in [-0.25, -0.2) is 0 Å². The van der Waals surface area contributed by atoms with Gasteiger partial charge in [0.25, 0.3) is 0 Å². The van der Waals surface area contributed by atoms with Crippen LogP contribution in [0.2, 0.25) is 0 Å².